The van der Waals surface area contributed by atoms with E-state index >= 15 is 0 Å². The second-order valence-electron chi connectivity index (χ2n) is 6.90. The summed E-state index contributed by atoms with van der Waals surface area (Å²) >= 11 is 5.84. The number of anilines is 1. The number of amides is 1. The maximum Gasteiger partial charge on any atom is 0.224 e. The number of rotatable bonds is 8. The van der Waals surface area contributed by atoms with Crippen LogP contribution >= 0.6 is 11.6 Å². The molecule has 1 aromatic rings. The number of aliphatic imine (C=N–C) groups is 1. The molecule has 0 bridgehead atoms. The largest absolute Gasteiger partial charge is 0.381 e. The van der Waals surface area contributed by atoms with Crippen molar-refractivity contribution < 1.29 is 9.53 Å². The van der Waals surface area contributed by atoms with E-state index in [2.05, 4.69) is 27.6 Å². The van der Waals surface area contributed by atoms with Crippen molar-refractivity contribution in [2.45, 2.75) is 32.1 Å². The molecule has 1 fully saturated rings. The molecule has 0 unspecified atom stereocenters. The zero-order valence-electron chi connectivity index (χ0n) is 16.3. The van der Waals surface area contributed by atoms with Crippen molar-refractivity contribution in [3.63, 3.8) is 0 Å². The summed E-state index contributed by atoms with van der Waals surface area (Å²) in [4.78, 5) is 18.5. The summed E-state index contributed by atoms with van der Waals surface area (Å²) in [6, 6.07) is 7.12. The third-order valence-corrected chi connectivity index (χ3v) is 5.03. The van der Waals surface area contributed by atoms with Crippen molar-refractivity contribution in [2.75, 3.05) is 45.7 Å². The van der Waals surface area contributed by atoms with Gasteiger partial charge in [0, 0.05) is 57.5 Å². The smallest absolute Gasteiger partial charge is 0.224 e. The van der Waals surface area contributed by atoms with Crippen LogP contribution < -0.4 is 10.6 Å². The predicted molar refractivity (Wildman–Crippen MR) is 111 cm³/mol. The van der Waals surface area contributed by atoms with Gasteiger partial charge in [-0.2, -0.15) is 0 Å². The molecule has 150 valence electrons. The van der Waals surface area contributed by atoms with Crippen LogP contribution in [-0.4, -0.2) is 57.2 Å². The van der Waals surface area contributed by atoms with E-state index < -0.39 is 0 Å². The number of ether oxygens (including phenoxy) is 1. The van der Waals surface area contributed by atoms with Crippen molar-refractivity contribution in [3.8, 4) is 0 Å². The van der Waals surface area contributed by atoms with Crippen LogP contribution in [0.1, 0.15) is 32.1 Å². The summed E-state index contributed by atoms with van der Waals surface area (Å²) < 4.78 is 5.41. The average Bonchev–Trinajstić information content (AvgIpc) is 2.69. The third kappa shape index (κ3) is 8.18. The van der Waals surface area contributed by atoms with Gasteiger partial charge in [-0.15, -0.1) is 0 Å². The highest BCUT2D eigenvalue weighted by Gasteiger charge is 2.15. The summed E-state index contributed by atoms with van der Waals surface area (Å²) in [7, 11) is 3.85. The first-order chi connectivity index (χ1) is 13.1. The Kier molecular flexibility index (Phi) is 9.42. The molecule has 0 aliphatic carbocycles. The third-order valence-electron chi connectivity index (χ3n) is 4.78. The van der Waals surface area contributed by atoms with Crippen molar-refractivity contribution in [1.82, 2.24) is 10.2 Å². The molecule has 0 radical (unpaired) electrons. The molecule has 7 heteroatoms. The Morgan fingerprint density at radius 1 is 1.30 bits per heavy atom. The Morgan fingerprint density at radius 2 is 2.00 bits per heavy atom. The molecule has 0 aromatic heterocycles. The van der Waals surface area contributed by atoms with E-state index in [0.717, 1.165) is 63.0 Å². The molecule has 1 saturated heterocycles. The first kappa shape index (κ1) is 21.5. The normalized spacial score (nSPS) is 15.4. The number of nitrogens with zero attached hydrogens (tertiary/aromatic N) is 2. The highest BCUT2D eigenvalue weighted by molar-refractivity contribution is 6.30. The van der Waals surface area contributed by atoms with Gasteiger partial charge in [-0.25, -0.2) is 0 Å². The zero-order chi connectivity index (χ0) is 19.5. The lowest BCUT2D eigenvalue weighted by Crippen LogP contribution is -2.40. The number of hydrogen-bond acceptors (Lipinski definition) is 3. The van der Waals surface area contributed by atoms with Gasteiger partial charge in [-0.1, -0.05) is 11.6 Å². The van der Waals surface area contributed by atoms with Gasteiger partial charge in [0.05, 0.1) is 0 Å². The standard InChI is InChI=1S/C20H31ClN4O2/c1-22-20(25(2)13-9-16-10-14-27-15-11-16)23-12-3-4-19(26)24-18-7-5-17(21)6-8-18/h5-8,16H,3-4,9-15H2,1-2H3,(H,22,23)(H,24,26). The Labute approximate surface area is 167 Å². The molecule has 27 heavy (non-hydrogen) atoms. The predicted octanol–water partition coefficient (Wildman–Crippen LogP) is 3.38. The van der Waals surface area contributed by atoms with Crippen LogP contribution in [0.4, 0.5) is 5.69 Å². The molecule has 1 amide bonds. The van der Waals surface area contributed by atoms with Gasteiger partial charge in [-0.3, -0.25) is 9.79 Å². The molecule has 2 N–H and O–H groups in total. The number of guanidine groups is 1. The first-order valence-electron chi connectivity index (χ1n) is 9.63. The molecular weight excluding hydrogens is 364 g/mol. The van der Waals surface area contributed by atoms with Crippen LogP contribution in [0.25, 0.3) is 0 Å². The van der Waals surface area contributed by atoms with Crippen molar-refractivity contribution in [1.29, 1.82) is 0 Å². The number of halogens is 1. The minimum absolute atomic E-state index is 0.00183. The zero-order valence-corrected chi connectivity index (χ0v) is 17.1. The minimum atomic E-state index is 0.00183. The lowest BCUT2D eigenvalue weighted by molar-refractivity contribution is -0.116. The van der Waals surface area contributed by atoms with Crippen LogP contribution in [0.5, 0.6) is 0 Å². The topological polar surface area (TPSA) is 66.0 Å². The monoisotopic (exact) mass is 394 g/mol. The van der Waals surface area contributed by atoms with Gasteiger partial charge >= 0.3 is 0 Å². The van der Waals surface area contributed by atoms with Gasteiger partial charge < -0.3 is 20.3 Å². The fraction of sp³-hybridized carbons (Fsp3) is 0.600. The number of benzene rings is 1. The Bertz CT molecular complexity index is 601. The van der Waals surface area contributed by atoms with Crippen LogP contribution in [0.15, 0.2) is 29.3 Å². The SMILES string of the molecule is CN=C(NCCCC(=O)Nc1ccc(Cl)cc1)N(C)CCC1CCOCC1. The molecule has 0 atom stereocenters. The van der Waals surface area contributed by atoms with Gasteiger partial charge in [0.1, 0.15) is 0 Å². The van der Waals surface area contributed by atoms with E-state index in [1.54, 1.807) is 31.3 Å². The molecule has 2 rings (SSSR count). The molecule has 1 aliphatic rings. The van der Waals surface area contributed by atoms with Gasteiger partial charge in [0.25, 0.3) is 0 Å². The fourth-order valence-electron chi connectivity index (χ4n) is 3.11. The lowest BCUT2D eigenvalue weighted by Gasteiger charge is -2.26. The summed E-state index contributed by atoms with van der Waals surface area (Å²) in [5, 5.41) is 6.87. The van der Waals surface area contributed by atoms with E-state index in [0.29, 0.717) is 18.0 Å². The van der Waals surface area contributed by atoms with Crippen LogP contribution in [-0.2, 0) is 9.53 Å². The van der Waals surface area contributed by atoms with Crippen LogP contribution in [0.2, 0.25) is 5.02 Å². The molecule has 6 nitrogen and oxygen atoms in total. The Morgan fingerprint density at radius 3 is 2.67 bits per heavy atom. The number of carbonyl (C=O) groups is 1. The minimum Gasteiger partial charge on any atom is -0.381 e. The van der Waals surface area contributed by atoms with Gasteiger partial charge in [0.2, 0.25) is 5.91 Å². The summed E-state index contributed by atoms with van der Waals surface area (Å²) in [6.45, 7) is 3.46. The number of carbonyl (C=O) groups excluding carboxylic acids is 1. The van der Waals surface area contributed by atoms with Gasteiger partial charge in [-0.05, 0) is 55.9 Å². The van der Waals surface area contributed by atoms with Crippen LogP contribution in [0, 0.1) is 5.92 Å². The van der Waals surface area contributed by atoms with E-state index in [1.807, 2.05) is 0 Å². The number of hydrogen-bond donors (Lipinski definition) is 2. The fourth-order valence-corrected chi connectivity index (χ4v) is 3.23. The van der Waals surface area contributed by atoms with Crippen molar-refractivity contribution in [2.24, 2.45) is 10.9 Å². The Balaban J connectivity index is 1.61. The Hall–Kier alpha value is -1.79. The maximum absolute atomic E-state index is 12.0. The van der Waals surface area contributed by atoms with Gasteiger partial charge in [0.15, 0.2) is 5.96 Å². The van der Waals surface area contributed by atoms with Crippen molar-refractivity contribution >= 4 is 29.2 Å². The second kappa shape index (κ2) is 11.8. The molecule has 0 spiro atoms. The molecule has 1 heterocycles. The molecule has 1 aromatic carbocycles. The molecule has 1 aliphatic heterocycles. The summed E-state index contributed by atoms with van der Waals surface area (Å²) in [5.41, 5.74) is 0.765. The van der Waals surface area contributed by atoms with Crippen molar-refractivity contribution in [3.05, 3.63) is 29.3 Å². The van der Waals surface area contributed by atoms with E-state index in [1.165, 1.54) is 0 Å². The average molecular weight is 395 g/mol. The summed E-state index contributed by atoms with van der Waals surface area (Å²) in [5.74, 6) is 1.62. The lowest BCUT2D eigenvalue weighted by atomic mass is 9.96. The summed E-state index contributed by atoms with van der Waals surface area (Å²) in [6.07, 6.45) is 4.67. The molecule has 0 saturated carbocycles. The highest BCUT2D eigenvalue weighted by atomic mass is 35.5. The quantitative estimate of drug-likeness (QED) is 0.403. The highest BCUT2D eigenvalue weighted by Crippen LogP contribution is 2.18. The van der Waals surface area contributed by atoms with E-state index in [4.69, 9.17) is 16.3 Å². The maximum atomic E-state index is 12.0. The second-order valence-corrected chi connectivity index (χ2v) is 7.34. The van der Waals surface area contributed by atoms with E-state index in [-0.39, 0.29) is 5.91 Å². The number of nitrogens with one attached hydrogen (secondary N) is 2. The van der Waals surface area contributed by atoms with E-state index in [9.17, 15) is 4.79 Å². The first-order valence-corrected chi connectivity index (χ1v) is 10.0. The van der Waals surface area contributed by atoms with Crippen LogP contribution in [0.3, 0.4) is 0 Å². The molecular formula is C20H31ClN4O2.